The van der Waals surface area contributed by atoms with Gasteiger partial charge in [-0.1, -0.05) is 51.1 Å². The van der Waals surface area contributed by atoms with Gasteiger partial charge in [0.05, 0.1) is 12.3 Å². The number of nitrogens with zero attached hydrogens (tertiary/aromatic N) is 3. The summed E-state index contributed by atoms with van der Waals surface area (Å²) in [4.78, 5) is 31.6. The smallest absolute Gasteiger partial charge is 0.298 e. The van der Waals surface area contributed by atoms with Crippen LogP contribution in [0.25, 0.3) is 11.1 Å². The summed E-state index contributed by atoms with van der Waals surface area (Å²) in [5.74, 6) is -0.464. The first-order chi connectivity index (χ1) is 18.6. The zero-order chi connectivity index (χ0) is 27.7. The molecule has 5 rings (SSSR count). The zero-order valence-corrected chi connectivity index (χ0v) is 23.8. The van der Waals surface area contributed by atoms with Crippen molar-refractivity contribution < 1.29 is 14.3 Å². The topological polar surface area (TPSA) is 66.8 Å². The maximum Gasteiger partial charge on any atom is 0.298 e. The van der Waals surface area contributed by atoms with Gasteiger partial charge in [0.2, 0.25) is 0 Å². The minimum atomic E-state index is -0.659. The molecule has 1 unspecified atom stereocenters. The summed E-state index contributed by atoms with van der Waals surface area (Å²) >= 11 is 0. The molecule has 1 saturated heterocycles. The number of Topliss-reactive ketones (excluding diaryl/α,β-unsaturated/α-hetero) is 1. The van der Waals surface area contributed by atoms with Crippen LogP contribution >= 0.6 is 0 Å². The number of rotatable bonds is 5. The summed E-state index contributed by atoms with van der Waals surface area (Å²) in [5, 5.41) is 2.84. The SMILES string of the molecule is Cc1cc(-c2ccccc2)c(C(=O)C(=O)Nc2ccc3c(c2)OCCCC2CN(CC(C)(C)C)CCN32)n1C. The normalized spacial score (nSPS) is 17.9. The largest absolute Gasteiger partial charge is 0.491 e. The molecular weight excluding hydrogens is 488 g/mol. The van der Waals surface area contributed by atoms with E-state index in [4.69, 9.17) is 4.74 Å². The van der Waals surface area contributed by atoms with Gasteiger partial charge in [0.15, 0.2) is 0 Å². The van der Waals surface area contributed by atoms with E-state index in [9.17, 15) is 9.59 Å². The highest BCUT2D eigenvalue weighted by molar-refractivity contribution is 6.47. The zero-order valence-electron chi connectivity index (χ0n) is 23.8. The third kappa shape index (κ3) is 5.88. The van der Waals surface area contributed by atoms with Crippen LogP contribution < -0.4 is 15.0 Å². The van der Waals surface area contributed by atoms with E-state index in [0.29, 0.717) is 24.0 Å². The molecule has 7 heteroatoms. The highest BCUT2D eigenvalue weighted by Gasteiger charge is 2.32. The quantitative estimate of drug-likeness (QED) is 0.348. The lowest BCUT2D eigenvalue weighted by Crippen LogP contribution is -2.55. The van der Waals surface area contributed by atoms with Crippen molar-refractivity contribution in [1.82, 2.24) is 9.47 Å². The monoisotopic (exact) mass is 528 g/mol. The lowest BCUT2D eigenvalue weighted by atomic mass is 9.94. The molecule has 2 aliphatic rings. The third-order valence-corrected chi connectivity index (χ3v) is 7.71. The van der Waals surface area contributed by atoms with Gasteiger partial charge >= 0.3 is 0 Å². The molecular formula is C32H40N4O3. The first-order valence-corrected chi connectivity index (χ1v) is 13.9. The summed E-state index contributed by atoms with van der Waals surface area (Å²) in [6.45, 7) is 13.5. The molecule has 39 heavy (non-hydrogen) atoms. The Morgan fingerprint density at radius 2 is 1.82 bits per heavy atom. The van der Waals surface area contributed by atoms with Crippen LogP contribution in [0.15, 0.2) is 54.6 Å². The number of piperazine rings is 1. The number of aryl methyl sites for hydroxylation is 1. The van der Waals surface area contributed by atoms with Gasteiger partial charge in [-0.3, -0.25) is 14.5 Å². The van der Waals surface area contributed by atoms with Crippen molar-refractivity contribution in [2.45, 2.75) is 46.6 Å². The minimum absolute atomic E-state index is 0.273. The Bertz CT molecular complexity index is 1360. The predicted molar refractivity (Wildman–Crippen MR) is 157 cm³/mol. The number of carbonyl (C=O) groups is 2. The molecule has 2 aromatic carbocycles. The number of hydrogen-bond acceptors (Lipinski definition) is 5. The maximum absolute atomic E-state index is 13.4. The van der Waals surface area contributed by atoms with Crippen molar-refractivity contribution in [3.05, 3.63) is 66.0 Å². The second-order valence-corrected chi connectivity index (χ2v) is 12.1. The van der Waals surface area contributed by atoms with Crippen LogP contribution in [-0.4, -0.2) is 60.0 Å². The summed E-state index contributed by atoms with van der Waals surface area (Å²) in [5.41, 5.74) is 4.85. The molecule has 7 nitrogen and oxygen atoms in total. The summed E-state index contributed by atoms with van der Waals surface area (Å²) in [7, 11) is 1.82. The standard InChI is InChI=1S/C32H40N4O3/c1-22-18-26(23-10-7-6-8-11-23)29(34(22)5)30(37)31(38)33-24-13-14-27-28(19-24)39-17-9-12-25-20-35(15-16-36(25)27)21-32(2,3)4/h6-8,10-11,13-14,18-19,25H,9,12,15-17,20-21H2,1-5H3,(H,33,38). The van der Waals surface area contributed by atoms with Gasteiger partial charge in [0, 0.05) is 62.3 Å². The summed E-state index contributed by atoms with van der Waals surface area (Å²) < 4.78 is 7.94. The number of ether oxygens (including phenoxy) is 1. The van der Waals surface area contributed by atoms with Crippen LogP contribution in [0.3, 0.4) is 0 Å². The Kier molecular flexibility index (Phi) is 7.54. The van der Waals surface area contributed by atoms with Crippen molar-refractivity contribution in [2.75, 3.05) is 43.0 Å². The molecule has 0 saturated carbocycles. The van der Waals surface area contributed by atoms with Gasteiger partial charge in [0.1, 0.15) is 11.4 Å². The highest BCUT2D eigenvalue weighted by Crippen LogP contribution is 2.37. The number of anilines is 2. The van der Waals surface area contributed by atoms with Gasteiger partial charge in [-0.05, 0) is 48.9 Å². The lowest BCUT2D eigenvalue weighted by Gasteiger charge is -2.45. The number of benzene rings is 2. The van der Waals surface area contributed by atoms with E-state index < -0.39 is 11.7 Å². The fourth-order valence-corrected chi connectivity index (χ4v) is 5.88. The average Bonchev–Trinajstić information content (AvgIpc) is 3.19. The van der Waals surface area contributed by atoms with Crippen LogP contribution in [0.4, 0.5) is 11.4 Å². The first kappa shape index (κ1) is 27.0. The fraction of sp³-hybridized carbons (Fsp3) is 0.438. The van der Waals surface area contributed by atoms with Gasteiger partial charge in [0.25, 0.3) is 11.7 Å². The highest BCUT2D eigenvalue weighted by atomic mass is 16.5. The van der Waals surface area contributed by atoms with E-state index in [2.05, 4.69) is 35.9 Å². The molecule has 3 aromatic rings. The molecule has 3 heterocycles. The van der Waals surface area contributed by atoms with E-state index in [0.717, 1.165) is 67.3 Å². The number of carbonyl (C=O) groups excluding carboxylic acids is 2. The van der Waals surface area contributed by atoms with E-state index in [1.54, 1.807) is 4.57 Å². The molecule has 0 radical (unpaired) electrons. The van der Waals surface area contributed by atoms with Crippen molar-refractivity contribution in [3.8, 4) is 16.9 Å². The molecule has 1 aromatic heterocycles. The third-order valence-electron chi connectivity index (χ3n) is 7.71. The Balaban J connectivity index is 1.35. The number of amides is 1. The van der Waals surface area contributed by atoms with E-state index in [1.165, 1.54) is 0 Å². The van der Waals surface area contributed by atoms with Crippen LogP contribution in [0.5, 0.6) is 5.75 Å². The van der Waals surface area contributed by atoms with Gasteiger partial charge in [-0.2, -0.15) is 0 Å². The Morgan fingerprint density at radius 3 is 2.56 bits per heavy atom. The number of aromatic nitrogens is 1. The van der Waals surface area contributed by atoms with Gasteiger partial charge < -0.3 is 19.5 Å². The molecule has 0 aliphatic carbocycles. The van der Waals surface area contributed by atoms with Crippen molar-refractivity contribution >= 4 is 23.1 Å². The summed E-state index contributed by atoms with van der Waals surface area (Å²) in [6, 6.07) is 17.8. The molecule has 1 atom stereocenters. The van der Waals surface area contributed by atoms with Gasteiger partial charge in [-0.25, -0.2) is 0 Å². The van der Waals surface area contributed by atoms with Crippen LogP contribution in [0.2, 0.25) is 0 Å². The number of ketones is 1. The number of nitrogens with one attached hydrogen (secondary N) is 1. The van der Waals surface area contributed by atoms with Crippen molar-refractivity contribution in [1.29, 1.82) is 0 Å². The Morgan fingerprint density at radius 1 is 1.05 bits per heavy atom. The van der Waals surface area contributed by atoms with Crippen LogP contribution in [0.1, 0.15) is 49.8 Å². The molecule has 1 fully saturated rings. The minimum Gasteiger partial charge on any atom is -0.491 e. The van der Waals surface area contributed by atoms with Crippen molar-refractivity contribution in [3.63, 3.8) is 0 Å². The number of hydrogen-bond donors (Lipinski definition) is 1. The Labute approximate surface area is 231 Å². The molecule has 206 valence electrons. The molecule has 0 bridgehead atoms. The Hall–Kier alpha value is -3.58. The molecule has 1 amide bonds. The van der Waals surface area contributed by atoms with Crippen LogP contribution in [-0.2, 0) is 11.8 Å². The second-order valence-electron chi connectivity index (χ2n) is 12.1. The lowest BCUT2D eigenvalue weighted by molar-refractivity contribution is -0.112. The first-order valence-electron chi connectivity index (χ1n) is 13.9. The predicted octanol–water partition coefficient (Wildman–Crippen LogP) is 5.53. The summed E-state index contributed by atoms with van der Waals surface area (Å²) in [6.07, 6.45) is 2.07. The fourth-order valence-electron chi connectivity index (χ4n) is 5.88. The van der Waals surface area contributed by atoms with Crippen LogP contribution in [0, 0.1) is 12.3 Å². The van der Waals surface area contributed by atoms with Crippen molar-refractivity contribution in [2.24, 2.45) is 12.5 Å². The maximum atomic E-state index is 13.4. The average molecular weight is 529 g/mol. The molecule has 2 aliphatic heterocycles. The van der Waals surface area contributed by atoms with E-state index >= 15 is 0 Å². The molecule has 1 N–H and O–H groups in total. The molecule has 0 spiro atoms. The number of fused-ring (bicyclic) bond motifs is 3. The van der Waals surface area contributed by atoms with Gasteiger partial charge in [-0.15, -0.1) is 0 Å². The second kappa shape index (κ2) is 10.9. The van der Waals surface area contributed by atoms with E-state index in [-0.39, 0.29) is 5.41 Å². The van der Waals surface area contributed by atoms with E-state index in [1.807, 2.05) is 68.6 Å².